The van der Waals surface area contributed by atoms with Gasteiger partial charge in [0.25, 0.3) is 0 Å². The molecule has 1 aromatic heterocycles. The molecule has 1 fully saturated rings. The van der Waals surface area contributed by atoms with Crippen LogP contribution in [0.25, 0.3) is 10.2 Å². The van der Waals surface area contributed by atoms with Gasteiger partial charge in [0.1, 0.15) is 0 Å². The molecule has 0 bridgehead atoms. The molecule has 5 heteroatoms. The third-order valence-corrected chi connectivity index (χ3v) is 5.26. The van der Waals surface area contributed by atoms with Gasteiger partial charge in [-0.25, -0.2) is 4.98 Å². The topological polar surface area (TPSA) is 42.0 Å². The van der Waals surface area contributed by atoms with Gasteiger partial charge in [0.2, 0.25) is 0 Å². The molecule has 0 atom stereocenters. The molecule has 90 valence electrons. The monoisotopic (exact) mass is 266 g/mol. The molecule has 1 saturated heterocycles. The number of hydrogen-bond donors (Lipinski definition) is 1. The van der Waals surface area contributed by atoms with E-state index in [1.165, 1.54) is 4.70 Å². The zero-order valence-corrected chi connectivity index (χ0v) is 11.0. The van der Waals surface area contributed by atoms with Gasteiger partial charge < -0.3 is 5.32 Å². The lowest BCUT2D eigenvalue weighted by molar-refractivity contribution is 0.624. The van der Waals surface area contributed by atoms with Gasteiger partial charge in [-0.05, 0) is 31.0 Å². The van der Waals surface area contributed by atoms with E-state index in [9.17, 15) is 4.21 Å². The van der Waals surface area contributed by atoms with Crippen LogP contribution in [0.5, 0.6) is 0 Å². The van der Waals surface area contributed by atoms with Crippen molar-refractivity contribution in [3.05, 3.63) is 23.7 Å². The molecule has 1 aromatic carbocycles. The first kappa shape index (κ1) is 11.2. The van der Waals surface area contributed by atoms with Gasteiger partial charge in [-0.3, -0.25) is 4.21 Å². The van der Waals surface area contributed by atoms with Crippen LogP contribution < -0.4 is 5.32 Å². The molecule has 1 N–H and O–H groups in total. The first-order chi connectivity index (χ1) is 8.31. The molecule has 2 heterocycles. The maximum absolute atomic E-state index is 11.3. The summed E-state index contributed by atoms with van der Waals surface area (Å²) in [6.45, 7) is 0. The molecule has 0 aliphatic carbocycles. The zero-order chi connectivity index (χ0) is 11.7. The standard InChI is InChI=1S/C12H14N2OS2/c15-17-5-3-9(4-6-17)14-10-1-2-11-12(7-10)16-8-13-11/h1-2,7-9,14H,3-6H2. The highest BCUT2D eigenvalue weighted by molar-refractivity contribution is 7.85. The molecule has 3 rings (SSSR count). The molecule has 0 spiro atoms. The van der Waals surface area contributed by atoms with Gasteiger partial charge in [0.15, 0.2) is 0 Å². The van der Waals surface area contributed by atoms with Gasteiger partial charge >= 0.3 is 0 Å². The van der Waals surface area contributed by atoms with Crippen LogP contribution in [-0.2, 0) is 10.8 Å². The van der Waals surface area contributed by atoms with Crippen molar-refractivity contribution in [1.29, 1.82) is 0 Å². The summed E-state index contributed by atoms with van der Waals surface area (Å²) in [5, 5.41) is 3.53. The van der Waals surface area contributed by atoms with Crippen LogP contribution in [0.15, 0.2) is 23.7 Å². The fraction of sp³-hybridized carbons (Fsp3) is 0.417. The highest BCUT2D eigenvalue weighted by Crippen LogP contribution is 2.23. The van der Waals surface area contributed by atoms with Gasteiger partial charge in [-0.2, -0.15) is 0 Å². The largest absolute Gasteiger partial charge is 0.382 e. The summed E-state index contributed by atoms with van der Waals surface area (Å²) >= 11 is 1.66. The summed E-state index contributed by atoms with van der Waals surface area (Å²) in [6, 6.07) is 6.75. The van der Waals surface area contributed by atoms with E-state index in [1.54, 1.807) is 11.3 Å². The van der Waals surface area contributed by atoms with Crippen LogP contribution in [-0.4, -0.2) is 26.7 Å². The lowest BCUT2D eigenvalue weighted by Gasteiger charge is -2.23. The van der Waals surface area contributed by atoms with Crippen molar-refractivity contribution >= 4 is 38.0 Å². The Morgan fingerprint density at radius 1 is 1.35 bits per heavy atom. The number of thiazole rings is 1. The van der Waals surface area contributed by atoms with Crippen molar-refractivity contribution in [3.63, 3.8) is 0 Å². The minimum Gasteiger partial charge on any atom is -0.382 e. The van der Waals surface area contributed by atoms with Crippen molar-refractivity contribution in [3.8, 4) is 0 Å². The number of benzene rings is 1. The number of rotatable bonds is 2. The number of nitrogens with one attached hydrogen (secondary N) is 1. The third kappa shape index (κ3) is 2.50. The minimum absolute atomic E-state index is 0.470. The maximum atomic E-state index is 11.3. The highest BCUT2D eigenvalue weighted by atomic mass is 32.2. The van der Waals surface area contributed by atoms with Crippen molar-refractivity contribution in [2.75, 3.05) is 16.8 Å². The van der Waals surface area contributed by atoms with Gasteiger partial charge in [0.05, 0.1) is 15.7 Å². The number of anilines is 1. The predicted molar refractivity (Wildman–Crippen MR) is 74.1 cm³/mol. The smallest absolute Gasteiger partial charge is 0.0813 e. The number of nitrogens with zero attached hydrogens (tertiary/aromatic N) is 1. The SMILES string of the molecule is O=S1CCC(Nc2ccc3ncsc3c2)CC1. The summed E-state index contributed by atoms with van der Waals surface area (Å²) in [4.78, 5) is 4.27. The lowest BCUT2D eigenvalue weighted by atomic mass is 10.1. The van der Waals surface area contributed by atoms with Gasteiger partial charge in [-0.15, -0.1) is 11.3 Å². The second kappa shape index (κ2) is 4.74. The molecule has 17 heavy (non-hydrogen) atoms. The summed E-state index contributed by atoms with van der Waals surface area (Å²) in [5.74, 6) is 1.67. The average molecular weight is 266 g/mol. The fourth-order valence-corrected chi connectivity index (χ4v) is 4.13. The molecule has 0 amide bonds. The Kier molecular flexibility index (Phi) is 3.11. The van der Waals surface area contributed by atoms with E-state index < -0.39 is 10.8 Å². The van der Waals surface area contributed by atoms with Crippen LogP contribution >= 0.6 is 11.3 Å². The number of fused-ring (bicyclic) bond motifs is 1. The average Bonchev–Trinajstić information content (AvgIpc) is 2.79. The Labute approximate surface area is 107 Å². The molecule has 2 aromatic rings. The molecule has 0 radical (unpaired) electrons. The molecule has 1 aliphatic heterocycles. The van der Waals surface area contributed by atoms with Crippen molar-refractivity contribution in [1.82, 2.24) is 4.98 Å². The second-order valence-electron chi connectivity index (χ2n) is 4.30. The quantitative estimate of drug-likeness (QED) is 0.908. The van der Waals surface area contributed by atoms with Crippen LogP contribution in [0.4, 0.5) is 5.69 Å². The second-order valence-corrected chi connectivity index (χ2v) is 6.88. The van der Waals surface area contributed by atoms with Gasteiger partial charge in [0, 0.05) is 34.0 Å². The first-order valence-corrected chi connectivity index (χ1v) is 8.13. The molecule has 0 unspecified atom stereocenters. The fourth-order valence-electron chi connectivity index (χ4n) is 2.12. The lowest BCUT2D eigenvalue weighted by Crippen LogP contribution is -2.29. The van der Waals surface area contributed by atoms with E-state index in [-0.39, 0.29) is 0 Å². The van der Waals surface area contributed by atoms with E-state index in [0.717, 1.165) is 35.6 Å². The molecular weight excluding hydrogens is 252 g/mol. The van der Waals surface area contributed by atoms with Gasteiger partial charge in [-0.1, -0.05) is 0 Å². The minimum atomic E-state index is -0.583. The maximum Gasteiger partial charge on any atom is 0.0813 e. The van der Waals surface area contributed by atoms with Crippen molar-refractivity contribution in [2.45, 2.75) is 18.9 Å². The summed E-state index contributed by atoms with van der Waals surface area (Å²) < 4.78 is 12.5. The van der Waals surface area contributed by atoms with Crippen LogP contribution in [0.1, 0.15) is 12.8 Å². The van der Waals surface area contributed by atoms with E-state index in [1.807, 2.05) is 5.51 Å². The number of hydrogen-bond acceptors (Lipinski definition) is 4. The molecule has 1 aliphatic rings. The predicted octanol–water partition coefficient (Wildman–Crippen LogP) is 2.62. The zero-order valence-electron chi connectivity index (χ0n) is 9.39. The molecule has 0 saturated carbocycles. The van der Waals surface area contributed by atoms with Crippen molar-refractivity contribution < 1.29 is 4.21 Å². The summed E-state index contributed by atoms with van der Waals surface area (Å²) in [5.41, 5.74) is 4.09. The van der Waals surface area contributed by atoms with Crippen LogP contribution in [0.2, 0.25) is 0 Å². The summed E-state index contributed by atoms with van der Waals surface area (Å²) in [6.07, 6.45) is 2.01. The summed E-state index contributed by atoms with van der Waals surface area (Å²) in [7, 11) is -0.583. The Hall–Kier alpha value is -0.940. The first-order valence-electron chi connectivity index (χ1n) is 5.76. The van der Waals surface area contributed by atoms with Crippen LogP contribution in [0, 0.1) is 0 Å². The Morgan fingerprint density at radius 2 is 2.18 bits per heavy atom. The van der Waals surface area contributed by atoms with E-state index in [4.69, 9.17) is 0 Å². The van der Waals surface area contributed by atoms with E-state index in [0.29, 0.717) is 6.04 Å². The normalized spacial score (nSPS) is 24.9. The van der Waals surface area contributed by atoms with Crippen LogP contribution in [0.3, 0.4) is 0 Å². The molecule has 3 nitrogen and oxygen atoms in total. The van der Waals surface area contributed by atoms with Crippen molar-refractivity contribution in [2.24, 2.45) is 0 Å². The molecular formula is C12H14N2OS2. The van der Waals surface area contributed by atoms with E-state index in [2.05, 4.69) is 28.5 Å². The Bertz CT molecular complexity index is 542. The van der Waals surface area contributed by atoms with E-state index >= 15 is 0 Å². The highest BCUT2D eigenvalue weighted by Gasteiger charge is 2.17. The Morgan fingerprint density at radius 3 is 3.00 bits per heavy atom. The Balaban J connectivity index is 1.73. The third-order valence-electron chi connectivity index (χ3n) is 3.09. The number of aromatic nitrogens is 1.